The summed E-state index contributed by atoms with van der Waals surface area (Å²) in [6, 6.07) is 4.12. The highest BCUT2D eigenvalue weighted by atomic mass is 127. The first-order chi connectivity index (χ1) is 7.64. The van der Waals surface area contributed by atoms with Crippen LogP contribution >= 0.6 is 59.6 Å². The molecular weight excluding hydrogens is 421 g/mol. The Balaban J connectivity index is 2.33. The van der Waals surface area contributed by atoms with Crippen LogP contribution in [-0.2, 0) is 3.61 Å². The molecule has 3 rings (SSSR count). The van der Waals surface area contributed by atoms with E-state index in [-0.39, 0.29) is 0 Å². The third kappa shape index (κ3) is 1.53. The molecule has 0 aromatic carbocycles. The van der Waals surface area contributed by atoms with Gasteiger partial charge in [0, 0.05) is 26.6 Å². The highest BCUT2D eigenvalue weighted by molar-refractivity contribution is 14.1. The molecule has 2 aromatic heterocycles. The molecule has 1 unspecified atom stereocenters. The lowest BCUT2D eigenvalue weighted by atomic mass is 10.1. The van der Waals surface area contributed by atoms with Gasteiger partial charge in [0.05, 0.1) is 13.5 Å². The van der Waals surface area contributed by atoms with Gasteiger partial charge in [-0.1, -0.05) is 0 Å². The number of ether oxygens (including phenoxy) is 1. The molecule has 2 aromatic rings. The number of nitrogens with one attached hydrogen (secondary N) is 1. The maximum absolute atomic E-state index is 7.81. The molecule has 0 fully saturated rings. The minimum atomic E-state index is -0.762. The molecule has 2 nitrogen and oxygen atoms in total. The maximum Gasteiger partial charge on any atom is 0.194 e. The Kier molecular flexibility index (Phi) is 2.73. The summed E-state index contributed by atoms with van der Waals surface area (Å²) in [4.78, 5) is 2.48. The average molecular weight is 428 g/mol. The molecule has 1 N–H and O–H groups in total. The number of hydrogen-bond acceptors (Lipinski definition) is 4. The number of alkyl halides is 1. The van der Waals surface area contributed by atoms with Crippen LogP contribution in [0.4, 0.5) is 0 Å². The topological polar surface area (TPSA) is 33.1 Å². The number of rotatable bonds is 1. The molecule has 16 heavy (non-hydrogen) atoms. The summed E-state index contributed by atoms with van der Waals surface area (Å²) in [6.07, 6.45) is 0. The van der Waals surface area contributed by atoms with Crippen molar-refractivity contribution < 1.29 is 4.74 Å². The van der Waals surface area contributed by atoms with Gasteiger partial charge >= 0.3 is 0 Å². The van der Waals surface area contributed by atoms with Gasteiger partial charge in [-0.3, -0.25) is 3.56 Å². The Morgan fingerprint density at radius 1 is 1.50 bits per heavy atom. The third-order valence-corrected chi connectivity index (χ3v) is 7.03. The van der Waals surface area contributed by atoms with E-state index in [1.807, 2.05) is 13.0 Å². The molecule has 84 valence electrons. The van der Waals surface area contributed by atoms with E-state index in [4.69, 9.17) is 8.30 Å². The van der Waals surface area contributed by atoms with Crippen molar-refractivity contribution >= 4 is 59.6 Å². The van der Waals surface area contributed by atoms with Crippen LogP contribution in [0.2, 0.25) is 0 Å². The molecule has 3 heterocycles. The van der Waals surface area contributed by atoms with Crippen molar-refractivity contribution in [3.63, 3.8) is 0 Å². The number of fused-ring (bicyclic) bond motifs is 3. The summed E-state index contributed by atoms with van der Waals surface area (Å²) < 4.78 is 14.5. The zero-order valence-electron chi connectivity index (χ0n) is 8.21. The van der Waals surface area contributed by atoms with Crippen molar-refractivity contribution in [2.24, 2.45) is 0 Å². The lowest BCUT2D eigenvalue weighted by Gasteiger charge is -2.29. The van der Waals surface area contributed by atoms with E-state index in [1.54, 1.807) is 22.7 Å². The van der Waals surface area contributed by atoms with Gasteiger partial charge in [0.2, 0.25) is 0 Å². The minimum absolute atomic E-state index is 0.398. The summed E-state index contributed by atoms with van der Waals surface area (Å²) >= 11 is 6.22. The normalized spacial score (nSPS) is 22.4. The van der Waals surface area contributed by atoms with E-state index >= 15 is 0 Å². The molecule has 0 radical (unpaired) electrons. The first kappa shape index (κ1) is 11.3. The molecular formula is C10H7BrINOS2. The number of halogens is 2. The first-order valence-electron chi connectivity index (χ1n) is 4.52. The van der Waals surface area contributed by atoms with Crippen LogP contribution in [0.25, 0.3) is 9.75 Å². The Morgan fingerprint density at radius 3 is 3.06 bits per heavy atom. The smallest absolute Gasteiger partial charge is 0.194 e. The maximum atomic E-state index is 7.81. The van der Waals surface area contributed by atoms with Gasteiger partial charge < -0.3 is 4.74 Å². The van der Waals surface area contributed by atoms with Gasteiger partial charge in [-0.15, -0.1) is 22.7 Å². The Bertz CT molecular complexity index is 579. The Hall–Kier alpha value is 0.210. The van der Waals surface area contributed by atoms with Gasteiger partial charge in [-0.05, 0) is 40.4 Å². The third-order valence-electron chi connectivity index (χ3n) is 2.50. The van der Waals surface area contributed by atoms with Crippen LogP contribution in [0, 0.1) is 3.56 Å². The predicted molar refractivity (Wildman–Crippen MR) is 80.1 cm³/mol. The van der Waals surface area contributed by atoms with E-state index in [0.717, 1.165) is 9.54 Å². The Morgan fingerprint density at radius 2 is 2.31 bits per heavy atom. The summed E-state index contributed by atoms with van der Waals surface area (Å²) in [5.41, 5.74) is 1.18. The van der Waals surface area contributed by atoms with E-state index in [0.29, 0.717) is 0 Å². The molecule has 1 atom stereocenters. The van der Waals surface area contributed by atoms with Gasteiger partial charge in [-0.25, -0.2) is 0 Å². The fourth-order valence-corrected chi connectivity index (χ4v) is 5.67. The summed E-state index contributed by atoms with van der Waals surface area (Å²) in [5, 5.41) is 2.05. The largest absolute Gasteiger partial charge is 0.470 e. The minimum Gasteiger partial charge on any atom is -0.470 e. The monoisotopic (exact) mass is 427 g/mol. The van der Waals surface area contributed by atoms with Crippen molar-refractivity contribution in [3.05, 3.63) is 26.9 Å². The molecule has 1 aliphatic rings. The molecule has 0 bridgehead atoms. The van der Waals surface area contributed by atoms with E-state index in [9.17, 15) is 0 Å². The van der Waals surface area contributed by atoms with Gasteiger partial charge in [-0.2, -0.15) is 0 Å². The summed E-state index contributed by atoms with van der Waals surface area (Å²) in [6.45, 7) is 2.03. The SMILES string of the molecule is CC1(I=N)Oc2ccsc2-c2sc(Br)cc21. The van der Waals surface area contributed by atoms with Crippen molar-refractivity contribution in [2.75, 3.05) is 0 Å². The second kappa shape index (κ2) is 3.86. The summed E-state index contributed by atoms with van der Waals surface area (Å²) in [7, 11) is 0. The highest BCUT2D eigenvalue weighted by Gasteiger charge is 2.38. The van der Waals surface area contributed by atoms with Crippen LogP contribution < -0.4 is 4.74 Å². The fraction of sp³-hybridized carbons (Fsp3) is 0.200. The molecule has 0 aliphatic carbocycles. The zero-order valence-corrected chi connectivity index (χ0v) is 13.6. The summed E-state index contributed by atoms with van der Waals surface area (Å²) in [5.74, 6) is 0.946. The van der Waals surface area contributed by atoms with Gasteiger partial charge in [0.15, 0.2) is 3.61 Å². The van der Waals surface area contributed by atoms with Crippen molar-refractivity contribution in [1.29, 1.82) is 3.56 Å². The number of thiophene rings is 2. The molecule has 0 saturated heterocycles. The second-order valence-corrected chi connectivity index (χ2v) is 9.47. The van der Waals surface area contributed by atoms with Crippen LogP contribution in [0.1, 0.15) is 12.5 Å². The van der Waals surface area contributed by atoms with Gasteiger partial charge in [0.1, 0.15) is 5.75 Å². The fourth-order valence-electron chi connectivity index (χ4n) is 1.74. The van der Waals surface area contributed by atoms with E-state index in [1.165, 1.54) is 15.3 Å². The molecule has 0 amide bonds. The molecule has 0 spiro atoms. The van der Waals surface area contributed by atoms with Gasteiger partial charge in [0.25, 0.3) is 0 Å². The van der Waals surface area contributed by atoms with Crippen molar-refractivity contribution in [1.82, 2.24) is 0 Å². The molecule has 1 aliphatic heterocycles. The standard InChI is InChI=1S/C10H7BrINOS2/c1-10(12-13)5-4-7(11)16-8(5)9-6(14-10)2-3-15-9/h2-4,13H,1H3. The quantitative estimate of drug-likeness (QED) is 0.470. The molecule has 0 saturated carbocycles. The second-order valence-electron chi connectivity index (χ2n) is 3.52. The Labute approximate surface area is 120 Å². The number of hydrogen-bond donors (Lipinski definition) is 1. The first-order valence-corrected chi connectivity index (χ1v) is 9.17. The highest BCUT2D eigenvalue weighted by Crippen LogP contribution is 2.55. The van der Waals surface area contributed by atoms with Crippen LogP contribution in [0.3, 0.4) is 0 Å². The van der Waals surface area contributed by atoms with Crippen molar-refractivity contribution in [2.45, 2.75) is 10.5 Å². The van der Waals surface area contributed by atoms with E-state index in [2.05, 4.69) is 27.4 Å². The van der Waals surface area contributed by atoms with E-state index < -0.39 is 24.6 Å². The van der Waals surface area contributed by atoms with Crippen LogP contribution in [0.5, 0.6) is 5.75 Å². The van der Waals surface area contributed by atoms with Crippen LogP contribution in [-0.4, -0.2) is 0 Å². The average Bonchev–Trinajstić information content (AvgIpc) is 2.83. The predicted octanol–water partition coefficient (Wildman–Crippen LogP) is 5.54. The lowest BCUT2D eigenvalue weighted by molar-refractivity contribution is 0.205. The van der Waals surface area contributed by atoms with Crippen LogP contribution in [0.15, 0.2) is 21.3 Å². The lowest BCUT2D eigenvalue weighted by Crippen LogP contribution is -2.24. The molecule has 6 heteroatoms. The zero-order chi connectivity index (χ0) is 11.3. The van der Waals surface area contributed by atoms with Crippen molar-refractivity contribution in [3.8, 4) is 15.5 Å².